The molecule has 0 spiro atoms. The Labute approximate surface area is 145 Å². The predicted molar refractivity (Wildman–Crippen MR) is 90.1 cm³/mol. The zero-order valence-corrected chi connectivity index (χ0v) is 15.1. The number of aryl methyl sites for hydroxylation is 1. The Morgan fingerprint density at radius 3 is 2.62 bits per heavy atom. The summed E-state index contributed by atoms with van der Waals surface area (Å²) in [7, 11) is -1.94. The van der Waals surface area contributed by atoms with Gasteiger partial charge >= 0.3 is 0 Å². The molecular formula is C15H19N3O4S2. The van der Waals surface area contributed by atoms with E-state index in [4.69, 9.17) is 9.47 Å². The largest absolute Gasteiger partial charge is 0.480 e. The minimum absolute atomic E-state index is 0.229. The van der Waals surface area contributed by atoms with E-state index in [2.05, 4.69) is 10.2 Å². The van der Waals surface area contributed by atoms with Crippen molar-refractivity contribution in [2.24, 2.45) is 0 Å². The number of ether oxygens (including phenoxy) is 2. The lowest BCUT2D eigenvalue weighted by molar-refractivity contribution is 0.203. The molecule has 130 valence electrons. The Balaban J connectivity index is 1.65. The molecule has 0 amide bonds. The smallest absolute Gasteiger partial charge is 0.252 e. The average Bonchev–Trinajstić information content (AvgIpc) is 3.25. The lowest BCUT2D eigenvalue weighted by Gasteiger charge is -2.15. The molecule has 2 aromatic heterocycles. The second-order valence-corrected chi connectivity index (χ2v) is 8.71. The first-order valence-corrected chi connectivity index (χ1v) is 9.92. The summed E-state index contributed by atoms with van der Waals surface area (Å²) in [6, 6.07) is 6.87. The summed E-state index contributed by atoms with van der Waals surface area (Å²) < 4.78 is 37.9. The van der Waals surface area contributed by atoms with Gasteiger partial charge in [0.05, 0.1) is 13.7 Å². The third-order valence-corrected chi connectivity index (χ3v) is 7.36. The topological polar surface area (TPSA) is 81.6 Å². The number of rotatable bonds is 6. The molecule has 1 unspecified atom stereocenters. The zero-order chi connectivity index (χ0) is 17.2. The van der Waals surface area contributed by atoms with E-state index >= 15 is 0 Å². The molecule has 24 heavy (non-hydrogen) atoms. The van der Waals surface area contributed by atoms with Gasteiger partial charge in [0.1, 0.15) is 10.3 Å². The van der Waals surface area contributed by atoms with Crippen LogP contribution in [-0.4, -0.2) is 49.2 Å². The predicted octanol–water partition coefficient (Wildman–Crippen LogP) is 1.95. The van der Waals surface area contributed by atoms with Crippen molar-refractivity contribution in [1.29, 1.82) is 0 Å². The summed E-state index contributed by atoms with van der Waals surface area (Å²) in [5.74, 6) is 0.770. The van der Waals surface area contributed by atoms with E-state index < -0.39 is 10.0 Å². The van der Waals surface area contributed by atoms with Gasteiger partial charge in [-0.1, -0.05) is 6.92 Å². The second kappa shape index (κ2) is 7.04. The summed E-state index contributed by atoms with van der Waals surface area (Å²) in [6.07, 6.45) is 1.23. The highest BCUT2D eigenvalue weighted by atomic mass is 32.2. The summed E-state index contributed by atoms with van der Waals surface area (Å²) in [4.78, 5) is 1.06. The summed E-state index contributed by atoms with van der Waals surface area (Å²) >= 11 is 1.33. The van der Waals surface area contributed by atoms with Gasteiger partial charge in [0.25, 0.3) is 10.0 Å². The molecular weight excluding hydrogens is 350 g/mol. The van der Waals surface area contributed by atoms with Crippen molar-refractivity contribution in [2.45, 2.75) is 30.1 Å². The lowest BCUT2D eigenvalue weighted by Crippen LogP contribution is -2.30. The van der Waals surface area contributed by atoms with E-state index in [9.17, 15) is 8.42 Å². The van der Waals surface area contributed by atoms with E-state index in [-0.39, 0.29) is 6.10 Å². The van der Waals surface area contributed by atoms with Crippen molar-refractivity contribution in [3.8, 4) is 11.8 Å². The minimum Gasteiger partial charge on any atom is -0.480 e. The number of hydrogen-bond donors (Lipinski definition) is 0. The molecule has 1 aliphatic heterocycles. The molecule has 0 aliphatic carbocycles. The number of thiophene rings is 1. The van der Waals surface area contributed by atoms with Crippen LogP contribution in [0.3, 0.4) is 0 Å². The van der Waals surface area contributed by atoms with Crippen molar-refractivity contribution >= 4 is 21.4 Å². The van der Waals surface area contributed by atoms with Crippen LogP contribution in [0.2, 0.25) is 0 Å². The van der Waals surface area contributed by atoms with Crippen LogP contribution in [0.5, 0.6) is 11.8 Å². The Kier molecular flexibility index (Phi) is 5.02. The molecule has 0 bridgehead atoms. The first-order valence-electron chi connectivity index (χ1n) is 7.66. The molecule has 1 atom stereocenters. The molecule has 7 nitrogen and oxygen atoms in total. The van der Waals surface area contributed by atoms with Gasteiger partial charge in [-0.25, -0.2) is 8.42 Å². The molecule has 0 saturated carbocycles. The number of sulfonamides is 1. The van der Waals surface area contributed by atoms with Crippen molar-refractivity contribution in [1.82, 2.24) is 14.5 Å². The third-order valence-electron chi connectivity index (χ3n) is 3.80. The Morgan fingerprint density at radius 2 is 2.00 bits per heavy atom. The highest BCUT2D eigenvalue weighted by Gasteiger charge is 2.34. The summed E-state index contributed by atoms with van der Waals surface area (Å²) in [6.45, 7) is 2.77. The number of hydrogen-bond acceptors (Lipinski definition) is 7. The monoisotopic (exact) mass is 369 g/mol. The molecule has 9 heteroatoms. The van der Waals surface area contributed by atoms with Gasteiger partial charge in [0.2, 0.25) is 11.8 Å². The first-order chi connectivity index (χ1) is 11.5. The molecule has 1 aliphatic rings. The van der Waals surface area contributed by atoms with E-state index in [1.165, 1.54) is 22.8 Å². The molecule has 0 radical (unpaired) electrons. The quantitative estimate of drug-likeness (QED) is 0.774. The molecule has 3 heterocycles. The van der Waals surface area contributed by atoms with Crippen LogP contribution in [0.4, 0.5) is 0 Å². The molecule has 0 aromatic carbocycles. The van der Waals surface area contributed by atoms with Gasteiger partial charge < -0.3 is 9.47 Å². The van der Waals surface area contributed by atoms with Crippen LogP contribution >= 0.6 is 11.3 Å². The fraction of sp³-hybridized carbons (Fsp3) is 0.467. The SMILES string of the molecule is CCc1ccc(S(=O)(=O)N2CCC(Oc3ccc(OC)nn3)C2)s1. The first kappa shape index (κ1) is 17.1. The number of nitrogens with zero attached hydrogens (tertiary/aromatic N) is 3. The van der Waals surface area contributed by atoms with Gasteiger partial charge in [0.15, 0.2) is 0 Å². The maximum atomic E-state index is 12.7. The van der Waals surface area contributed by atoms with E-state index in [0.29, 0.717) is 35.5 Å². The molecule has 1 saturated heterocycles. The minimum atomic E-state index is -3.45. The van der Waals surface area contributed by atoms with Crippen LogP contribution in [-0.2, 0) is 16.4 Å². The standard InChI is InChI=1S/C15H19N3O4S2/c1-3-12-4-7-15(23-12)24(19,20)18-9-8-11(10-18)22-14-6-5-13(21-2)16-17-14/h4-7,11H,3,8-10H2,1-2H3. The number of aromatic nitrogens is 2. The van der Waals surface area contributed by atoms with Gasteiger partial charge in [0, 0.05) is 23.6 Å². The molecule has 3 rings (SSSR count). The van der Waals surface area contributed by atoms with Crippen molar-refractivity contribution in [2.75, 3.05) is 20.2 Å². The zero-order valence-electron chi connectivity index (χ0n) is 13.5. The van der Waals surface area contributed by atoms with Gasteiger partial charge in [-0.3, -0.25) is 0 Å². The Morgan fingerprint density at radius 1 is 1.25 bits per heavy atom. The van der Waals surface area contributed by atoms with Crippen molar-refractivity contribution in [3.63, 3.8) is 0 Å². The third kappa shape index (κ3) is 3.52. The van der Waals surface area contributed by atoms with Crippen LogP contribution < -0.4 is 9.47 Å². The van der Waals surface area contributed by atoms with E-state index in [1.807, 2.05) is 13.0 Å². The molecule has 1 fully saturated rings. The highest BCUT2D eigenvalue weighted by Crippen LogP contribution is 2.28. The maximum absolute atomic E-state index is 12.7. The Bertz CT molecular complexity index is 789. The fourth-order valence-corrected chi connectivity index (χ4v) is 5.41. The van der Waals surface area contributed by atoms with Crippen molar-refractivity contribution in [3.05, 3.63) is 29.1 Å². The number of methoxy groups -OCH3 is 1. The molecule has 0 N–H and O–H groups in total. The van der Waals surface area contributed by atoms with E-state index in [1.54, 1.807) is 18.2 Å². The normalized spacial score (nSPS) is 18.7. The summed E-state index contributed by atoms with van der Waals surface area (Å²) in [5.41, 5.74) is 0. The van der Waals surface area contributed by atoms with Crippen LogP contribution in [0.1, 0.15) is 18.2 Å². The lowest BCUT2D eigenvalue weighted by atomic mass is 10.3. The molecule has 2 aromatic rings. The fourth-order valence-electron chi connectivity index (χ4n) is 2.48. The average molecular weight is 369 g/mol. The maximum Gasteiger partial charge on any atom is 0.252 e. The highest BCUT2D eigenvalue weighted by molar-refractivity contribution is 7.91. The van der Waals surface area contributed by atoms with E-state index in [0.717, 1.165) is 11.3 Å². The van der Waals surface area contributed by atoms with Crippen LogP contribution in [0.15, 0.2) is 28.5 Å². The van der Waals surface area contributed by atoms with Gasteiger partial charge in [-0.05, 0) is 25.0 Å². The summed E-state index contributed by atoms with van der Waals surface area (Å²) in [5, 5.41) is 7.75. The van der Waals surface area contributed by atoms with Gasteiger partial charge in [-0.15, -0.1) is 21.5 Å². The van der Waals surface area contributed by atoms with Crippen LogP contribution in [0, 0.1) is 0 Å². The van der Waals surface area contributed by atoms with Crippen LogP contribution in [0.25, 0.3) is 0 Å². The Hall–Kier alpha value is -1.71. The van der Waals surface area contributed by atoms with Gasteiger partial charge in [-0.2, -0.15) is 4.31 Å². The second-order valence-electron chi connectivity index (χ2n) is 5.38. The van der Waals surface area contributed by atoms with Crippen molar-refractivity contribution < 1.29 is 17.9 Å².